The van der Waals surface area contributed by atoms with E-state index in [2.05, 4.69) is 11.1 Å². The van der Waals surface area contributed by atoms with Gasteiger partial charge in [0, 0.05) is 13.1 Å². The number of aryl methyl sites for hydroxylation is 1. The van der Waals surface area contributed by atoms with Gasteiger partial charge in [-0.05, 0) is 56.1 Å². The zero-order valence-electron chi connectivity index (χ0n) is 11.7. The number of aromatic nitrogens is 2. The topological polar surface area (TPSA) is 41.0 Å². The van der Waals surface area contributed by atoms with E-state index in [4.69, 9.17) is 12.2 Å². The van der Waals surface area contributed by atoms with Gasteiger partial charge in [0.05, 0.1) is 11.0 Å². The second kappa shape index (κ2) is 5.40. The average molecular weight is 289 g/mol. The lowest BCUT2D eigenvalue weighted by Gasteiger charge is -2.26. The molecule has 1 N–H and O–H groups in total. The number of hydrogen-bond donors (Lipinski definition) is 1. The summed E-state index contributed by atoms with van der Waals surface area (Å²) in [6.45, 7) is 4.15. The molecule has 2 aromatic rings. The average Bonchev–Trinajstić information content (AvgIpc) is 2.75. The Morgan fingerprint density at radius 3 is 2.80 bits per heavy atom. The number of carbonyl (C=O) groups is 1. The molecule has 0 atom stereocenters. The molecule has 1 saturated heterocycles. The lowest BCUT2D eigenvalue weighted by Crippen LogP contribution is -2.37. The van der Waals surface area contributed by atoms with Crippen molar-refractivity contribution in [2.75, 3.05) is 13.1 Å². The molecule has 1 aliphatic heterocycles. The highest BCUT2D eigenvalue weighted by Gasteiger charge is 2.18. The van der Waals surface area contributed by atoms with Crippen molar-refractivity contribution < 1.29 is 4.79 Å². The molecule has 0 spiro atoms. The van der Waals surface area contributed by atoms with Crippen LogP contribution in [0.3, 0.4) is 0 Å². The third kappa shape index (κ3) is 2.50. The summed E-state index contributed by atoms with van der Waals surface area (Å²) < 4.78 is 2.53. The van der Waals surface area contributed by atoms with Gasteiger partial charge < -0.3 is 14.5 Å². The molecule has 4 nitrogen and oxygen atoms in total. The van der Waals surface area contributed by atoms with Crippen LogP contribution in [0.15, 0.2) is 18.2 Å². The maximum absolute atomic E-state index is 12.4. The maximum Gasteiger partial charge on any atom is 0.242 e. The Labute approximate surface area is 123 Å². The SMILES string of the molecule is Cc1ccc2c(c1)[nH]c(=S)n2CC(=O)N1CCCCC1. The van der Waals surface area contributed by atoms with Crippen LogP contribution < -0.4 is 0 Å². The van der Waals surface area contributed by atoms with Gasteiger partial charge in [-0.15, -0.1) is 0 Å². The Morgan fingerprint density at radius 1 is 1.30 bits per heavy atom. The number of rotatable bonds is 2. The van der Waals surface area contributed by atoms with E-state index >= 15 is 0 Å². The minimum absolute atomic E-state index is 0.169. The van der Waals surface area contributed by atoms with Crippen LogP contribution >= 0.6 is 12.2 Å². The van der Waals surface area contributed by atoms with Gasteiger partial charge in [0.15, 0.2) is 4.77 Å². The summed E-state index contributed by atoms with van der Waals surface area (Å²) in [7, 11) is 0. The molecule has 0 saturated carbocycles. The van der Waals surface area contributed by atoms with E-state index in [1.165, 1.54) is 12.0 Å². The molecule has 1 aromatic carbocycles. The second-order valence-electron chi connectivity index (χ2n) is 5.48. The number of likely N-dealkylation sites (tertiary alicyclic amines) is 1. The molecule has 0 bridgehead atoms. The second-order valence-corrected chi connectivity index (χ2v) is 5.87. The number of piperidine rings is 1. The largest absolute Gasteiger partial charge is 0.341 e. The summed E-state index contributed by atoms with van der Waals surface area (Å²) in [6, 6.07) is 6.14. The molecule has 0 radical (unpaired) electrons. The van der Waals surface area contributed by atoms with Crippen LogP contribution in [-0.4, -0.2) is 33.4 Å². The molecular formula is C15H19N3OS. The predicted octanol–water partition coefficient (Wildman–Crippen LogP) is 3.02. The van der Waals surface area contributed by atoms with Crippen LogP contribution in [-0.2, 0) is 11.3 Å². The quantitative estimate of drug-likeness (QED) is 0.863. The van der Waals surface area contributed by atoms with Gasteiger partial charge in [0.1, 0.15) is 6.54 Å². The fraction of sp³-hybridized carbons (Fsp3) is 0.467. The number of hydrogen-bond acceptors (Lipinski definition) is 2. The van der Waals surface area contributed by atoms with Crippen molar-refractivity contribution in [3.63, 3.8) is 0 Å². The number of nitrogens with one attached hydrogen (secondary N) is 1. The van der Waals surface area contributed by atoms with Gasteiger partial charge in [0.25, 0.3) is 0 Å². The van der Waals surface area contributed by atoms with E-state index in [1.807, 2.05) is 28.5 Å². The molecule has 1 fully saturated rings. The van der Waals surface area contributed by atoms with Crippen molar-refractivity contribution in [3.8, 4) is 0 Å². The Hall–Kier alpha value is -1.62. The number of amides is 1. The first-order chi connectivity index (χ1) is 9.65. The molecule has 2 heterocycles. The molecule has 20 heavy (non-hydrogen) atoms. The zero-order valence-corrected chi connectivity index (χ0v) is 12.5. The van der Waals surface area contributed by atoms with Gasteiger partial charge in [-0.25, -0.2) is 0 Å². The summed E-state index contributed by atoms with van der Waals surface area (Å²) in [5, 5.41) is 0. The highest BCUT2D eigenvalue weighted by Crippen LogP contribution is 2.17. The van der Waals surface area contributed by atoms with Gasteiger partial charge >= 0.3 is 0 Å². The molecule has 1 amide bonds. The number of imidazole rings is 1. The molecule has 1 aliphatic rings. The number of nitrogens with zero attached hydrogens (tertiary/aromatic N) is 2. The van der Waals surface area contributed by atoms with Crippen LogP contribution in [0, 0.1) is 11.7 Å². The van der Waals surface area contributed by atoms with Crippen molar-refractivity contribution in [2.45, 2.75) is 32.7 Å². The molecule has 5 heteroatoms. The number of carbonyl (C=O) groups excluding carboxylic acids is 1. The van der Waals surface area contributed by atoms with E-state index < -0.39 is 0 Å². The highest BCUT2D eigenvalue weighted by atomic mass is 32.1. The van der Waals surface area contributed by atoms with Gasteiger partial charge in [0.2, 0.25) is 5.91 Å². The third-order valence-corrected chi connectivity index (χ3v) is 4.25. The summed E-state index contributed by atoms with van der Waals surface area (Å²) in [5.74, 6) is 0.169. The summed E-state index contributed by atoms with van der Waals surface area (Å²) >= 11 is 5.35. The molecule has 1 aromatic heterocycles. The lowest BCUT2D eigenvalue weighted by molar-refractivity contribution is -0.132. The van der Waals surface area contributed by atoms with Crippen molar-refractivity contribution in [1.29, 1.82) is 0 Å². The number of fused-ring (bicyclic) bond motifs is 1. The minimum Gasteiger partial charge on any atom is -0.341 e. The van der Waals surface area contributed by atoms with E-state index in [0.29, 0.717) is 11.3 Å². The van der Waals surface area contributed by atoms with E-state index in [0.717, 1.165) is 37.0 Å². The van der Waals surface area contributed by atoms with Crippen LogP contribution in [0.25, 0.3) is 11.0 Å². The number of benzene rings is 1. The van der Waals surface area contributed by atoms with Crippen molar-refractivity contribution in [2.24, 2.45) is 0 Å². The van der Waals surface area contributed by atoms with Crippen LogP contribution in [0.2, 0.25) is 0 Å². The van der Waals surface area contributed by atoms with Crippen LogP contribution in [0.1, 0.15) is 24.8 Å². The summed E-state index contributed by atoms with van der Waals surface area (Å²) in [5.41, 5.74) is 3.19. The first kappa shape index (κ1) is 13.4. The van der Waals surface area contributed by atoms with Crippen LogP contribution in [0.5, 0.6) is 0 Å². The third-order valence-electron chi connectivity index (χ3n) is 3.93. The Kier molecular flexibility index (Phi) is 3.61. The minimum atomic E-state index is 0.169. The fourth-order valence-electron chi connectivity index (χ4n) is 2.81. The van der Waals surface area contributed by atoms with Gasteiger partial charge in [-0.1, -0.05) is 6.07 Å². The Balaban J connectivity index is 1.88. The van der Waals surface area contributed by atoms with Crippen molar-refractivity contribution >= 4 is 29.2 Å². The van der Waals surface area contributed by atoms with Gasteiger partial charge in [-0.3, -0.25) is 4.79 Å². The highest BCUT2D eigenvalue weighted by molar-refractivity contribution is 7.71. The fourth-order valence-corrected chi connectivity index (χ4v) is 3.09. The lowest BCUT2D eigenvalue weighted by atomic mass is 10.1. The van der Waals surface area contributed by atoms with E-state index in [1.54, 1.807) is 0 Å². The molecule has 106 valence electrons. The zero-order chi connectivity index (χ0) is 14.1. The number of H-pyrrole nitrogens is 1. The van der Waals surface area contributed by atoms with Gasteiger partial charge in [-0.2, -0.15) is 0 Å². The van der Waals surface area contributed by atoms with E-state index in [9.17, 15) is 4.79 Å². The monoisotopic (exact) mass is 289 g/mol. The Bertz CT molecular complexity index is 695. The summed E-state index contributed by atoms with van der Waals surface area (Å²) in [4.78, 5) is 17.5. The normalized spacial score (nSPS) is 15.8. The molecule has 3 rings (SSSR count). The smallest absolute Gasteiger partial charge is 0.242 e. The standard InChI is InChI=1S/C15H19N3OS/c1-11-5-6-13-12(9-11)16-15(20)18(13)10-14(19)17-7-3-2-4-8-17/h5-6,9H,2-4,7-8,10H2,1H3,(H,16,20). The molecular weight excluding hydrogens is 270 g/mol. The molecule has 0 aliphatic carbocycles. The van der Waals surface area contributed by atoms with Crippen LogP contribution in [0.4, 0.5) is 0 Å². The summed E-state index contributed by atoms with van der Waals surface area (Å²) in [6.07, 6.45) is 3.46. The predicted molar refractivity (Wildman–Crippen MR) is 82.3 cm³/mol. The number of aromatic amines is 1. The maximum atomic E-state index is 12.4. The molecule has 0 unspecified atom stereocenters. The first-order valence-corrected chi connectivity index (χ1v) is 7.53. The Morgan fingerprint density at radius 2 is 2.05 bits per heavy atom. The van der Waals surface area contributed by atoms with E-state index in [-0.39, 0.29) is 5.91 Å². The first-order valence-electron chi connectivity index (χ1n) is 7.12. The van der Waals surface area contributed by atoms with Crippen molar-refractivity contribution in [3.05, 3.63) is 28.5 Å². The van der Waals surface area contributed by atoms with Crippen molar-refractivity contribution in [1.82, 2.24) is 14.5 Å².